The summed E-state index contributed by atoms with van der Waals surface area (Å²) in [5, 5.41) is 2.78. The molecule has 0 unspecified atom stereocenters. The van der Waals surface area contributed by atoms with Crippen LogP contribution in [0.5, 0.6) is 0 Å². The lowest BCUT2D eigenvalue weighted by atomic mass is 10.1. The molecule has 5 N–H and O–H groups in total. The number of hydrogen-bond donors (Lipinski definition) is 3. The average molecular weight is 616 g/mol. The lowest BCUT2D eigenvalue weighted by Crippen LogP contribution is -2.43. The van der Waals surface area contributed by atoms with Crippen LogP contribution >= 0.6 is 11.8 Å². The molecular weight excluding hydrogens is 550 g/mol. The van der Waals surface area contributed by atoms with Gasteiger partial charge in [0.05, 0.1) is 6.04 Å². The smallest absolute Gasteiger partial charge is 0.306 e. The minimum Gasteiger partial charge on any atom is -0.462 e. The van der Waals surface area contributed by atoms with Gasteiger partial charge >= 0.3 is 11.9 Å². The van der Waals surface area contributed by atoms with E-state index in [0.29, 0.717) is 43.9 Å². The van der Waals surface area contributed by atoms with Crippen LogP contribution in [-0.4, -0.2) is 61.2 Å². The van der Waals surface area contributed by atoms with Gasteiger partial charge in [0.25, 0.3) is 0 Å². The number of nitrogens with two attached hydrogens (primary N) is 2. The van der Waals surface area contributed by atoms with Gasteiger partial charge in [0.15, 0.2) is 0 Å². The number of esters is 2. The summed E-state index contributed by atoms with van der Waals surface area (Å²) in [5.41, 5.74) is 11.5. The molecule has 1 amide bonds. The molecule has 42 heavy (non-hydrogen) atoms. The van der Waals surface area contributed by atoms with Crippen LogP contribution < -0.4 is 16.8 Å². The first kappa shape index (κ1) is 40.7. The van der Waals surface area contributed by atoms with E-state index in [1.54, 1.807) is 0 Å². The lowest BCUT2D eigenvalue weighted by molar-refractivity contribution is -0.157. The van der Waals surface area contributed by atoms with Gasteiger partial charge in [0.2, 0.25) is 5.91 Å². The van der Waals surface area contributed by atoms with Gasteiger partial charge < -0.3 is 26.3 Å². The Morgan fingerprint density at radius 2 is 1.14 bits per heavy atom. The van der Waals surface area contributed by atoms with E-state index in [0.717, 1.165) is 38.5 Å². The monoisotopic (exact) mass is 615 g/mol. The summed E-state index contributed by atoms with van der Waals surface area (Å²) in [5.74, 6) is 0.0645. The van der Waals surface area contributed by atoms with Gasteiger partial charge in [-0.05, 0) is 25.8 Å². The highest BCUT2D eigenvalue weighted by molar-refractivity contribution is 7.99. The van der Waals surface area contributed by atoms with Crippen LogP contribution in [0.25, 0.3) is 0 Å². The molecule has 248 valence electrons. The zero-order valence-corrected chi connectivity index (χ0v) is 28.0. The Morgan fingerprint density at radius 3 is 1.64 bits per heavy atom. The molecule has 2 atom stereocenters. The molecule has 0 rings (SSSR count). The summed E-state index contributed by atoms with van der Waals surface area (Å²) >= 11 is 1.43. The van der Waals surface area contributed by atoms with Gasteiger partial charge in [-0.25, -0.2) is 0 Å². The lowest BCUT2D eigenvalue weighted by Gasteiger charge is -2.19. The molecule has 0 saturated heterocycles. The van der Waals surface area contributed by atoms with Gasteiger partial charge in [0, 0.05) is 30.9 Å². The molecule has 0 aromatic rings. The summed E-state index contributed by atoms with van der Waals surface area (Å²) in [7, 11) is 0. The predicted octanol–water partition coefficient (Wildman–Crippen LogP) is 6.81. The normalized spacial score (nSPS) is 12.6. The molecule has 0 aromatic heterocycles. The largest absolute Gasteiger partial charge is 0.462 e. The molecule has 9 heteroatoms. The molecular formula is C33H65N3O5S. The molecule has 0 aromatic carbocycles. The maximum Gasteiger partial charge on any atom is 0.306 e. The van der Waals surface area contributed by atoms with Crippen LogP contribution in [0.2, 0.25) is 0 Å². The van der Waals surface area contributed by atoms with Crippen molar-refractivity contribution in [2.24, 2.45) is 11.5 Å². The highest BCUT2D eigenvalue weighted by Crippen LogP contribution is 2.14. The fourth-order valence-corrected chi connectivity index (χ4v) is 5.59. The average Bonchev–Trinajstić information content (AvgIpc) is 2.98. The summed E-state index contributed by atoms with van der Waals surface area (Å²) in [6, 6.07) is -0.666. The van der Waals surface area contributed by atoms with Crippen molar-refractivity contribution in [3.05, 3.63) is 0 Å². The van der Waals surface area contributed by atoms with E-state index in [1.807, 2.05) is 0 Å². The molecule has 0 aliphatic heterocycles. The molecule has 0 aliphatic rings. The quantitative estimate of drug-likeness (QED) is 0.0572. The fraction of sp³-hybridized carbons (Fsp3) is 0.909. The number of thioether (sulfide) groups is 1. The number of rotatable bonds is 31. The number of carbonyl (C=O) groups is 3. The minimum atomic E-state index is -0.666. The third-order valence-electron chi connectivity index (χ3n) is 7.32. The second-order valence-corrected chi connectivity index (χ2v) is 12.6. The van der Waals surface area contributed by atoms with Crippen molar-refractivity contribution >= 4 is 29.6 Å². The van der Waals surface area contributed by atoms with Gasteiger partial charge in [-0.3, -0.25) is 14.4 Å². The van der Waals surface area contributed by atoms with Crippen molar-refractivity contribution in [3.63, 3.8) is 0 Å². The molecule has 0 radical (unpaired) electrons. The van der Waals surface area contributed by atoms with Crippen LogP contribution in [0.1, 0.15) is 149 Å². The van der Waals surface area contributed by atoms with Crippen LogP contribution in [0.3, 0.4) is 0 Å². The van der Waals surface area contributed by atoms with Crippen LogP contribution in [0, 0.1) is 0 Å². The topological polar surface area (TPSA) is 134 Å². The first-order valence-corrected chi connectivity index (χ1v) is 18.3. The first-order chi connectivity index (χ1) is 20.4. The number of ether oxygens (including phenoxy) is 2. The van der Waals surface area contributed by atoms with Gasteiger partial charge in [-0.2, -0.15) is 11.8 Å². The standard InChI is InChI=1S/C33H65N3O5S/c1-3-5-7-9-11-13-15-17-19-22-31(37)40-26-29(27-42-28-30(35)33(39)36-25-21-24-34)41-32(38)23-20-18-16-14-12-10-8-6-4-2/h29-30H,3-28,34-35H2,1-2H3,(H,36,39)/t29-,30-/m1/s1. The van der Waals surface area contributed by atoms with Crippen molar-refractivity contribution in [2.45, 2.75) is 161 Å². The van der Waals surface area contributed by atoms with Crippen LogP contribution in [-0.2, 0) is 23.9 Å². The number of nitrogens with one attached hydrogen (secondary N) is 1. The fourth-order valence-electron chi connectivity index (χ4n) is 4.63. The molecule has 0 heterocycles. The van der Waals surface area contributed by atoms with Crippen molar-refractivity contribution in [2.75, 3.05) is 31.2 Å². The summed E-state index contributed by atoms with van der Waals surface area (Å²) < 4.78 is 11.2. The van der Waals surface area contributed by atoms with Crippen LogP contribution in [0.4, 0.5) is 0 Å². The van der Waals surface area contributed by atoms with Gasteiger partial charge in [-0.15, -0.1) is 0 Å². The third kappa shape index (κ3) is 27.5. The highest BCUT2D eigenvalue weighted by atomic mass is 32.2. The summed E-state index contributed by atoms with van der Waals surface area (Å²) in [4.78, 5) is 37.0. The SMILES string of the molecule is CCCCCCCCCCCC(=O)OC[C@H](CSC[C@@H](N)C(=O)NCCCN)OC(=O)CCCCCCCCCCC. The van der Waals surface area contributed by atoms with E-state index in [4.69, 9.17) is 20.9 Å². The van der Waals surface area contributed by atoms with Crippen molar-refractivity contribution in [1.29, 1.82) is 0 Å². The summed E-state index contributed by atoms with van der Waals surface area (Å²) in [6.07, 6.45) is 22.2. The second-order valence-electron chi connectivity index (χ2n) is 11.5. The summed E-state index contributed by atoms with van der Waals surface area (Å²) in [6.45, 7) is 5.50. The molecule has 0 bridgehead atoms. The molecule has 0 aliphatic carbocycles. The zero-order chi connectivity index (χ0) is 31.1. The van der Waals surface area contributed by atoms with Crippen LogP contribution in [0.15, 0.2) is 0 Å². The molecule has 0 saturated carbocycles. The van der Waals surface area contributed by atoms with E-state index >= 15 is 0 Å². The Hall–Kier alpha value is -1.32. The van der Waals surface area contributed by atoms with E-state index in [1.165, 1.54) is 88.8 Å². The molecule has 8 nitrogen and oxygen atoms in total. The van der Waals surface area contributed by atoms with Gasteiger partial charge in [-0.1, -0.05) is 117 Å². The zero-order valence-electron chi connectivity index (χ0n) is 27.1. The van der Waals surface area contributed by atoms with Crippen molar-refractivity contribution in [3.8, 4) is 0 Å². The third-order valence-corrected chi connectivity index (χ3v) is 8.52. The Kier molecular flexibility index (Phi) is 30.1. The van der Waals surface area contributed by atoms with E-state index < -0.39 is 12.1 Å². The van der Waals surface area contributed by atoms with E-state index in [-0.39, 0.29) is 24.5 Å². The first-order valence-electron chi connectivity index (χ1n) is 17.1. The molecule has 0 fully saturated rings. The Balaban J connectivity index is 4.40. The molecule has 0 spiro atoms. The Bertz CT molecular complexity index is 653. The van der Waals surface area contributed by atoms with E-state index in [2.05, 4.69) is 19.2 Å². The Morgan fingerprint density at radius 1 is 0.667 bits per heavy atom. The Labute approximate surface area is 261 Å². The highest BCUT2D eigenvalue weighted by Gasteiger charge is 2.19. The van der Waals surface area contributed by atoms with Crippen molar-refractivity contribution in [1.82, 2.24) is 5.32 Å². The van der Waals surface area contributed by atoms with Gasteiger partial charge in [0.1, 0.15) is 12.7 Å². The number of hydrogen-bond acceptors (Lipinski definition) is 8. The minimum absolute atomic E-state index is 0.0324. The maximum atomic E-state index is 12.5. The number of unbranched alkanes of at least 4 members (excludes halogenated alkanes) is 16. The maximum absolute atomic E-state index is 12.5. The van der Waals surface area contributed by atoms with E-state index in [9.17, 15) is 14.4 Å². The number of amides is 1. The second kappa shape index (κ2) is 31.1. The predicted molar refractivity (Wildman–Crippen MR) is 177 cm³/mol. The number of carbonyl (C=O) groups excluding carboxylic acids is 3. The van der Waals surface area contributed by atoms with Crippen molar-refractivity contribution < 1.29 is 23.9 Å².